The second-order valence-electron chi connectivity index (χ2n) is 7.78. The number of amides is 2. The van der Waals surface area contributed by atoms with Crippen LogP contribution in [-0.2, 0) is 14.0 Å². The third-order valence-electron chi connectivity index (χ3n) is 4.86. The lowest BCUT2D eigenvalue weighted by atomic mass is 10.2. The van der Waals surface area contributed by atoms with Crippen LogP contribution < -0.4 is 4.90 Å². The largest absolute Gasteiger partial charge is 0.443 e. The molecule has 0 saturated carbocycles. The van der Waals surface area contributed by atoms with Gasteiger partial charge >= 0.3 is 6.09 Å². The molecule has 8 nitrogen and oxygen atoms in total. The van der Waals surface area contributed by atoms with Gasteiger partial charge in [0, 0.05) is 12.1 Å². The van der Waals surface area contributed by atoms with Crippen molar-refractivity contribution < 1.29 is 23.7 Å². The SMILES string of the molecule is CC(C)(C)[Si](C)(C)OCC1CC(=O)N(c2ccc([N+](=O)[O-])cc2)C(=O)O1. The van der Waals surface area contributed by atoms with Crippen LogP contribution in [0.1, 0.15) is 27.2 Å². The molecule has 0 N–H and O–H groups in total. The summed E-state index contributed by atoms with van der Waals surface area (Å²) in [6, 6.07) is 5.18. The Morgan fingerprint density at radius 1 is 1.27 bits per heavy atom. The molecule has 1 aliphatic heterocycles. The van der Waals surface area contributed by atoms with Crippen molar-refractivity contribution in [3.05, 3.63) is 34.4 Å². The zero-order chi connectivity index (χ0) is 19.7. The second kappa shape index (κ2) is 7.16. The van der Waals surface area contributed by atoms with Crippen LogP contribution in [0.4, 0.5) is 16.2 Å². The van der Waals surface area contributed by atoms with E-state index in [1.54, 1.807) is 0 Å². The highest BCUT2D eigenvalue weighted by Gasteiger charge is 2.40. The Hall–Kier alpha value is -2.26. The first-order chi connectivity index (χ1) is 11.9. The number of anilines is 1. The number of hydrogen-bond acceptors (Lipinski definition) is 6. The Kier molecular flexibility index (Phi) is 5.52. The van der Waals surface area contributed by atoms with Gasteiger partial charge in [-0.15, -0.1) is 0 Å². The number of hydrogen-bond donors (Lipinski definition) is 0. The summed E-state index contributed by atoms with van der Waals surface area (Å²) in [4.78, 5) is 35.7. The monoisotopic (exact) mass is 380 g/mol. The van der Waals surface area contributed by atoms with E-state index in [4.69, 9.17) is 9.16 Å². The first-order valence-electron chi connectivity index (χ1n) is 8.34. The van der Waals surface area contributed by atoms with E-state index in [9.17, 15) is 19.7 Å². The van der Waals surface area contributed by atoms with Crippen molar-refractivity contribution in [3.8, 4) is 0 Å². The van der Waals surface area contributed by atoms with Crippen LogP contribution in [0.25, 0.3) is 0 Å². The zero-order valence-electron chi connectivity index (χ0n) is 15.6. The summed E-state index contributed by atoms with van der Waals surface area (Å²) in [5.74, 6) is -0.418. The van der Waals surface area contributed by atoms with Crippen molar-refractivity contribution in [2.75, 3.05) is 11.5 Å². The number of nitro benzene ring substituents is 1. The average Bonchev–Trinajstić information content (AvgIpc) is 2.52. The molecule has 0 bridgehead atoms. The molecule has 0 aliphatic carbocycles. The summed E-state index contributed by atoms with van der Waals surface area (Å²) in [5.41, 5.74) is 0.126. The van der Waals surface area contributed by atoms with Gasteiger partial charge in [-0.05, 0) is 30.3 Å². The van der Waals surface area contributed by atoms with Crippen molar-refractivity contribution in [2.24, 2.45) is 0 Å². The van der Waals surface area contributed by atoms with E-state index in [0.717, 1.165) is 4.90 Å². The molecule has 1 aliphatic rings. The summed E-state index contributed by atoms with van der Waals surface area (Å²) in [6.45, 7) is 10.7. The van der Waals surface area contributed by atoms with Crippen LogP contribution in [0, 0.1) is 10.1 Å². The van der Waals surface area contributed by atoms with Gasteiger partial charge in [0.1, 0.15) is 6.10 Å². The van der Waals surface area contributed by atoms with E-state index in [1.165, 1.54) is 24.3 Å². The Balaban J connectivity index is 2.04. The van der Waals surface area contributed by atoms with Crippen molar-refractivity contribution in [2.45, 2.75) is 51.4 Å². The molecular weight excluding hydrogens is 356 g/mol. The van der Waals surface area contributed by atoms with Crippen LogP contribution in [0.3, 0.4) is 0 Å². The maximum Gasteiger partial charge on any atom is 0.421 e. The number of ether oxygens (including phenoxy) is 1. The predicted molar refractivity (Wildman–Crippen MR) is 98.6 cm³/mol. The van der Waals surface area contributed by atoms with Gasteiger partial charge in [0.25, 0.3) is 5.69 Å². The van der Waals surface area contributed by atoms with Crippen molar-refractivity contribution >= 4 is 31.7 Å². The Morgan fingerprint density at radius 2 is 1.85 bits per heavy atom. The van der Waals surface area contributed by atoms with Gasteiger partial charge in [-0.25, -0.2) is 9.69 Å². The predicted octanol–water partition coefficient (Wildman–Crippen LogP) is 3.86. The third-order valence-corrected chi connectivity index (χ3v) is 9.36. The molecule has 0 radical (unpaired) electrons. The number of benzene rings is 1. The number of imide groups is 1. The molecule has 26 heavy (non-hydrogen) atoms. The number of carbonyl (C=O) groups is 2. The van der Waals surface area contributed by atoms with Crippen LogP contribution in [0.2, 0.25) is 18.1 Å². The topological polar surface area (TPSA) is 99.0 Å². The smallest absolute Gasteiger partial charge is 0.421 e. The van der Waals surface area contributed by atoms with Crippen molar-refractivity contribution in [1.82, 2.24) is 0 Å². The minimum Gasteiger partial charge on any atom is -0.443 e. The zero-order valence-corrected chi connectivity index (χ0v) is 16.6. The van der Waals surface area contributed by atoms with Crippen molar-refractivity contribution in [1.29, 1.82) is 0 Å². The van der Waals surface area contributed by atoms with Crippen LogP contribution in [0.5, 0.6) is 0 Å². The molecule has 1 fully saturated rings. The van der Waals surface area contributed by atoms with Gasteiger partial charge in [0.2, 0.25) is 5.91 Å². The van der Waals surface area contributed by atoms with E-state index in [-0.39, 0.29) is 29.4 Å². The maximum atomic E-state index is 12.4. The molecule has 142 valence electrons. The number of carbonyl (C=O) groups excluding carboxylic acids is 2. The van der Waals surface area contributed by atoms with E-state index in [2.05, 4.69) is 33.9 Å². The van der Waals surface area contributed by atoms with Crippen molar-refractivity contribution in [3.63, 3.8) is 0 Å². The number of nitrogens with zero attached hydrogens (tertiary/aromatic N) is 2. The lowest BCUT2D eigenvalue weighted by Crippen LogP contribution is -2.49. The number of cyclic esters (lactones) is 1. The molecule has 1 aromatic rings. The molecule has 1 unspecified atom stereocenters. The molecular formula is C17H24N2O6Si. The van der Waals surface area contributed by atoms with E-state index in [1.807, 2.05) is 0 Å². The number of non-ortho nitro benzene ring substituents is 1. The normalized spacial score (nSPS) is 18.7. The number of nitro groups is 1. The minimum absolute atomic E-state index is 0.0113. The lowest BCUT2D eigenvalue weighted by Gasteiger charge is -2.38. The Bertz CT molecular complexity index is 693. The summed E-state index contributed by atoms with van der Waals surface area (Å²) < 4.78 is 11.4. The molecule has 1 atom stereocenters. The molecule has 1 heterocycles. The molecule has 0 aromatic heterocycles. The molecule has 1 saturated heterocycles. The van der Waals surface area contributed by atoms with Crippen LogP contribution in [-0.4, -0.2) is 38.0 Å². The molecule has 0 spiro atoms. The quantitative estimate of drug-likeness (QED) is 0.437. The van der Waals surface area contributed by atoms with Gasteiger partial charge in [-0.2, -0.15) is 0 Å². The van der Waals surface area contributed by atoms with Crippen LogP contribution >= 0.6 is 0 Å². The van der Waals surface area contributed by atoms with Gasteiger partial charge in [-0.1, -0.05) is 20.8 Å². The molecule has 2 rings (SSSR count). The first-order valence-corrected chi connectivity index (χ1v) is 11.3. The van der Waals surface area contributed by atoms with E-state index in [0.29, 0.717) is 0 Å². The fourth-order valence-electron chi connectivity index (χ4n) is 2.21. The first kappa shape index (κ1) is 20.1. The van der Waals surface area contributed by atoms with E-state index >= 15 is 0 Å². The Morgan fingerprint density at radius 3 is 2.31 bits per heavy atom. The standard InChI is InChI=1S/C17H24N2O6Si/c1-17(2,3)26(4,5)24-11-14-10-15(20)18(16(21)25-14)12-6-8-13(9-7-12)19(22)23/h6-9,14H,10-11H2,1-5H3. The maximum absolute atomic E-state index is 12.4. The third kappa shape index (κ3) is 4.28. The van der Waals surface area contributed by atoms with Gasteiger partial charge in [0.15, 0.2) is 8.32 Å². The van der Waals surface area contributed by atoms with Crippen LogP contribution in [0.15, 0.2) is 24.3 Å². The lowest BCUT2D eigenvalue weighted by molar-refractivity contribution is -0.384. The average molecular weight is 380 g/mol. The fraction of sp³-hybridized carbons (Fsp3) is 0.529. The fourth-order valence-corrected chi connectivity index (χ4v) is 3.24. The van der Waals surface area contributed by atoms with Gasteiger partial charge in [-0.3, -0.25) is 14.9 Å². The minimum atomic E-state index is -2.01. The molecule has 2 amide bonds. The van der Waals surface area contributed by atoms with E-state index < -0.39 is 31.3 Å². The van der Waals surface area contributed by atoms with Gasteiger partial charge < -0.3 is 9.16 Å². The van der Waals surface area contributed by atoms with Gasteiger partial charge in [0.05, 0.1) is 23.6 Å². The summed E-state index contributed by atoms with van der Waals surface area (Å²) in [7, 11) is -2.01. The Labute approximate surface area is 153 Å². The summed E-state index contributed by atoms with van der Waals surface area (Å²) in [6.07, 6.45) is -1.41. The highest BCUT2D eigenvalue weighted by molar-refractivity contribution is 6.74. The highest BCUT2D eigenvalue weighted by atomic mass is 28.4. The summed E-state index contributed by atoms with van der Waals surface area (Å²) >= 11 is 0. The highest BCUT2D eigenvalue weighted by Crippen LogP contribution is 2.37. The second-order valence-corrected chi connectivity index (χ2v) is 12.6. The summed E-state index contributed by atoms with van der Waals surface area (Å²) in [5, 5.41) is 10.7. The molecule has 9 heteroatoms. The number of rotatable bonds is 5. The molecule has 1 aromatic carbocycles.